The average molecular weight is 451 g/mol. The van der Waals surface area contributed by atoms with Gasteiger partial charge < -0.3 is 18.6 Å². The number of amides is 1. The van der Waals surface area contributed by atoms with Crippen LogP contribution in [-0.2, 0) is 36.6 Å². The third-order valence-electron chi connectivity index (χ3n) is 5.14. The van der Waals surface area contributed by atoms with E-state index in [1.807, 2.05) is 12.1 Å². The van der Waals surface area contributed by atoms with Gasteiger partial charge >= 0.3 is 0 Å². The lowest BCUT2D eigenvalue weighted by molar-refractivity contribution is -0.167. The standard InChI is InChI=1S/C22H30N2O6S/c1-15(25)31-12-22(29-14-28-3)24(13-27-2)21(26)11-19-18-10-17(7-6-16-4-5-16)30-20(18)8-9-23-19/h8-10,16,22H,4-7,11-14H2,1-3H3/t22-/m1/s1. The maximum atomic E-state index is 13.2. The number of hydrogen-bond donors (Lipinski definition) is 0. The Hall–Kier alpha value is -1.94. The van der Waals surface area contributed by atoms with Gasteiger partial charge in [-0.2, -0.15) is 0 Å². The van der Waals surface area contributed by atoms with Crippen LogP contribution in [0.25, 0.3) is 11.0 Å². The van der Waals surface area contributed by atoms with Crippen LogP contribution < -0.4 is 0 Å². The van der Waals surface area contributed by atoms with Crippen LogP contribution in [0.5, 0.6) is 0 Å². The number of thioether (sulfide) groups is 1. The summed E-state index contributed by atoms with van der Waals surface area (Å²) in [6, 6.07) is 3.82. The Labute approximate surface area is 186 Å². The highest BCUT2D eigenvalue weighted by Gasteiger charge is 2.27. The third-order valence-corrected chi connectivity index (χ3v) is 6.00. The molecule has 0 aromatic carbocycles. The lowest BCUT2D eigenvalue weighted by Gasteiger charge is -2.30. The van der Waals surface area contributed by atoms with Gasteiger partial charge in [-0.1, -0.05) is 24.6 Å². The number of nitrogens with zero attached hydrogens (tertiary/aromatic N) is 2. The van der Waals surface area contributed by atoms with Crippen molar-refractivity contribution in [1.82, 2.24) is 9.88 Å². The molecule has 170 valence electrons. The highest BCUT2D eigenvalue weighted by molar-refractivity contribution is 8.13. The van der Waals surface area contributed by atoms with E-state index >= 15 is 0 Å². The number of fused-ring (bicyclic) bond motifs is 1. The molecule has 0 spiro atoms. The molecule has 1 aliphatic carbocycles. The van der Waals surface area contributed by atoms with Gasteiger partial charge in [-0.3, -0.25) is 19.5 Å². The number of rotatable bonds is 13. The molecule has 1 amide bonds. The Balaban J connectivity index is 1.74. The second-order valence-corrected chi connectivity index (χ2v) is 8.85. The molecule has 0 aliphatic heterocycles. The van der Waals surface area contributed by atoms with E-state index in [4.69, 9.17) is 18.6 Å². The molecule has 0 N–H and O–H groups in total. The van der Waals surface area contributed by atoms with Crippen molar-refractivity contribution in [3.63, 3.8) is 0 Å². The summed E-state index contributed by atoms with van der Waals surface area (Å²) in [4.78, 5) is 30.5. The molecule has 2 aromatic heterocycles. The molecule has 1 atom stereocenters. The number of pyridine rings is 1. The van der Waals surface area contributed by atoms with Crippen molar-refractivity contribution in [3.05, 3.63) is 29.8 Å². The molecular weight excluding hydrogens is 420 g/mol. The quantitative estimate of drug-likeness (QED) is 0.429. The van der Waals surface area contributed by atoms with Crippen LogP contribution in [0.4, 0.5) is 0 Å². The number of aryl methyl sites for hydroxylation is 1. The molecule has 1 saturated carbocycles. The van der Waals surface area contributed by atoms with E-state index in [0.717, 1.165) is 47.3 Å². The van der Waals surface area contributed by atoms with E-state index in [0.29, 0.717) is 5.69 Å². The van der Waals surface area contributed by atoms with Crippen LogP contribution in [0.1, 0.15) is 37.6 Å². The predicted molar refractivity (Wildman–Crippen MR) is 117 cm³/mol. The molecule has 1 aliphatic rings. The average Bonchev–Trinajstić information content (AvgIpc) is 3.48. The lowest BCUT2D eigenvalue weighted by Crippen LogP contribution is -2.46. The van der Waals surface area contributed by atoms with Crippen molar-refractivity contribution < 1.29 is 28.2 Å². The SMILES string of the molecule is COCO[C@H](CSC(C)=O)N(COC)C(=O)Cc1nccc2oc(CCC3CC3)cc12. The molecule has 2 heterocycles. The van der Waals surface area contributed by atoms with E-state index in [9.17, 15) is 9.59 Å². The smallest absolute Gasteiger partial charge is 0.232 e. The zero-order valence-corrected chi connectivity index (χ0v) is 19.1. The van der Waals surface area contributed by atoms with E-state index in [-0.39, 0.29) is 36.7 Å². The van der Waals surface area contributed by atoms with Gasteiger partial charge in [0.25, 0.3) is 0 Å². The van der Waals surface area contributed by atoms with Gasteiger partial charge in [0.05, 0.1) is 12.1 Å². The van der Waals surface area contributed by atoms with Crippen LogP contribution in [0, 0.1) is 5.92 Å². The number of carbonyl (C=O) groups is 2. The molecule has 9 heteroatoms. The van der Waals surface area contributed by atoms with Gasteiger partial charge in [0.15, 0.2) is 5.12 Å². The maximum Gasteiger partial charge on any atom is 0.232 e. The Morgan fingerprint density at radius 2 is 2.13 bits per heavy atom. The normalized spacial score (nSPS) is 14.7. The molecule has 1 fully saturated rings. The number of methoxy groups -OCH3 is 2. The monoisotopic (exact) mass is 450 g/mol. The van der Waals surface area contributed by atoms with Crippen molar-refractivity contribution >= 4 is 33.8 Å². The van der Waals surface area contributed by atoms with Crippen molar-refractivity contribution in [2.75, 3.05) is 33.5 Å². The van der Waals surface area contributed by atoms with Crippen LogP contribution >= 0.6 is 11.8 Å². The van der Waals surface area contributed by atoms with Gasteiger partial charge in [0, 0.05) is 44.9 Å². The number of carbonyl (C=O) groups excluding carboxylic acids is 2. The van der Waals surface area contributed by atoms with Gasteiger partial charge in [-0.05, 0) is 24.5 Å². The van der Waals surface area contributed by atoms with Crippen molar-refractivity contribution in [2.45, 2.75) is 45.3 Å². The second kappa shape index (κ2) is 11.6. The maximum absolute atomic E-state index is 13.2. The number of hydrogen-bond acceptors (Lipinski definition) is 8. The lowest BCUT2D eigenvalue weighted by atomic mass is 10.1. The summed E-state index contributed by atoms with van der Waals surface area (Å²) in [5.74, 6) is 1.82. The molecule has 0 unspecified atom stereocenters. The van der Waals surface area contributed by atoms with Crippen LogP contribution in [0.3, 0.4) is 0 Å². The van der Waals surface area contributed by atoms with Crippen LogP contribution in [0.2, 0.25) is 0 Å². The summed E-state index contributed by atoms with van der Waals surface area (Å²) in [5, 5.41) is 0.797. The minimum atomic E-state index is -0.668. The first-order chi connectivity index (χ1) is 15.0. The Bertz CT molecular complexity index is 882. The Kier molecular flexibility index (Phi) is 8.89. The molecule has 3 rings (SSSR count). The van der Waals surface area contributed by atoms with Gasteiger partial charge in [0.2, 0.25) is 5.91 Å². The van der Waals surface area contributed by atoms with E-state index in [1.54, 1.807) is 6.20 Å². The Morgan fingerprint density at radius 1 is 1.32 bits per heavy atom. The van der Waals surface area contributed by atoms with Crippen LogP contribution in [-0.4, -0.2) is 60.6 Å². The summed E-state index contributed by atoms with van der Waals surface area (Å²) in [6.45, 7) is 1.50. The highest BCUT2D eigenvalue weighted by Crippen LogP contribution is 2.34. The molecule has 8 nitrogen and oxygen atoms in total. The summed E-state index contributed by atoms with van der Waals surface area (Å²) in [6.07, 6.45) is 5.71. The topological polar surface area (TPSA) is 91.1 Å². The summed E-state index contributed by atoms with van der Waals surface area (Å²) < 4.78 is 21.9. The van der Waals surface area contributed by atoms with Gasteiger partial charge in [0.1, 0.15) is 31.1 Å². The van der Waals surface area contributed by atoms with Crippen LogP contribution in [0.15, 0.2) is 22.7 Å². The largest absolute Gasteiger partial charge is 0.461 e. The zero-order chi connectivity index (χ0) is 22.2. The summed E-state index contributed by atoms with van der Waals surface area (Å²) in [7, 11) is 3.01. The fourth-order valence-electron chi connectivity index (χ4n) is 3.35. The molecule has 2 aromatic rings. The first-order valence-corrected chi connectivity index (χ1v) is 11.4. The van der Waals surface area contributed by atoms with E-state index in [2.05, 4.69) is 4.98 Å². The Morgan fingerprint density at radius 3 is 2.81 bits per heavy atom. The summed E-state index contributed by atoms with van der Waals surface area (Å²) >= 11 is 1.09. The number of furan rings is 1. The van der Waals surface area contributed by atoms with Crippen molar-refractivity contribution in [2.24, 2.45) is 5.92 Å². The zero-order valence-electron chi connectivity index (χ0n) is 18.3. The fraction of sp³-hybridized carbons (Fsp3) is 0.591. The van der Waals surface area contributed by atoms with E-state index < -0.39 is 6.23 Å². The number of aromatic nitrogens is 1. The highest BCUT2D eigenvalue weighted by atomic mass is 32.2. The first kappa shape index (κ1) is 23.7. The minimum Gasteiger partial charge on any atom is -0.461 e. The van der Waals surface area contributed by atoms with Gasteiger partial charge in [-0.25, -0.2) is 0 Å². The van der Waals surface area contributed by atoms with Crippen molar-refractivity contribution in [3.8, 4) is 0 Å². The molecular formula is C22H30N2O6S. The van der Waals surface area contributed by atoms with Gasteiger partial charge in [-0.15, -0.1) is 0 Å². The van der Waals surface area contributed by atoms with E-state index in [1.165, 1.54) is 38.9 Å². The number of ether oxygens (including phenoxy) is 3. The third kappa shape index (κ3) is 7.03. The molecule has 31 heavy (non-hydrogen) atoms. The molecule has 0 saturated heterocycles. The molecule has 0 radical (unpaired) electrons. The fourth-order valence-corrected chi connectivity index (χ4v) is 4.00. The predicted octanol–water partition coefficient (Wildman–Crippen LogP) is 3.37. The van der Waals surface area contributed by atoms with Crippen molar-refractivity contribution in [1.29, 1.82) is 0 Å². The first-order valence-electron chi connectivity index (χ1n) is 10.4. The second-order valence-electron chi connectivity index (χ2n) is 7.65. The minimum absolute atomic E-state index is 0.00343. The summed E-state index contributed by atoms with van der Waals surface area (Å²) in [5.41, 5.74) is 1.39. The molecule has 0 bridgehead atoms.